The first-order valence-electron chi connectivity index (χ1n) is 5.01. The highest BCUT2D eigenvalue weighted by molar-refractivity contribution is 5.85. The maximum Gasteiger partial charge on any atom is 0.211 e. The molecule has 5 N–H and O–H groups in total. The van der Waals surface area contributed by atoms with Crippen molar-refractivity contribution >= 4 is 35.9 Å². The van der Waals surface area contributed by atoms with Gasteiger partial charge in [-0.25, -0.2) is 0 Å². The summed E-state index contributed by atoms with van der Waals surface area (Å²) in [6, 6.07) is 7.04. The number of rotatable bonds is 3. The zero-order valence-corrected chi connectivity index (χ0v) is 10.3. The molecule has 0 radical (unpaired) electrons. The zero-order chi connectivity index (χ0) is 12.3. The molecule has 1 amide bonds. The summed E-state index contributed by atoms with van der Waals surface area (Å²) in [5.74, 6) is 0. The van der Waals surface area contributed by atoms with E-state index in [1.165, 1.54) is 0 Å². The van der Waals surface area contributed by atoms with E-state index in [1.54, 1.807) is 36.7 Å². The molecule has 0 bridgehead atoms. The molecule has 0 spiro atoms. The summed E-state index contributed by atoms with van der Waals surface area (Å²) in [5.41, 5.74) is 15.0. The highest BCUT2D eigenvalue weighted by Crippen LogP contribution is 2.28. The molecule has 5 nitrogen and oxygen atoms in total. The molecule has 0 unspecified atom stereocenters. The second-order valence-corrected chi connectivity index (χ2v) is 3.57. The minimum Gasteiger partial charge on any atom is -0.399 e. The summed E-state index contributed by atoms with van der Waals surface area (Å²) < 4.78 is 0. The van der Waals surface area contributed by atoms with E-state index in [-0.39, 0.29) is 12.4 Å². The monoisotopic (exact) mass is 264 g/mol. The number of halogens is 1. The molecule has 0 fully saturated rings. The van der Waals surface area contributed by atoms with Gasteiger partial charge in [-0.05, 0) is 24.3 Å². The summed E-state index contributed by atoms with van der Waals surface area (Å²) in [4.78, 5) is 14.4. The molecule has 18 heavy (non-hydrogen) atoms. The van der Waals surface area contributed by atoms with E-state index in [0.717, 1.165) is 11.1 Å². The molecule has 1 aromatic heterocycles. The Morgan fingerprint density at radius 2 is 1.94 bits per heavy atom. The van der Waals surface area contributed by atoms with Gasteiger partial charge in [-0.2, -0.15) is 0 Å². The second-order valence-electron chi connectivity index (χ2n) is 3.57. The lowest BCUT2D eigenvalue weighted by Crippen LogP contribution is -1.96. The normalized spacial score (nSPS) is 9.33. The number of nitrogens with two attached hydrogens (primary N) is 2. The minimum atomic E-state index is 0. The van der Waals surface area contributed by atoms with E-state index in [0.29, 0.717) is 23.5 Å². The zero-order valence-electron chi connectivity index (χ0n) is 9.46. The Bertz CT molecular complexity index is 560. The van der Waals surface area contributed by atoms with Gasteiger partial charge in [-0.3, -0.25) is 9.78 Å². The van der Waals surface area contributed by atoms with Gasteiger partial charge in [-0.15, -0.1) is 12.4 Å². The van der Waals surface area contributed by atoms with Crippen LogP contribution in [0.4, 0.5) is 17.1 Å². The molecule has 2 aromatic rings. The predicted molar refractivity (Wildman–Crippen MR) is 75.4 cm³/mol. The van der Waals surface area contributed by atoms with Gasteiger partial charge in [0.15, 0.2) is 0 Å². The number of hydrogen-bond donors (Lipinski definition) is 3. The van der Waals surface area contributed by atoms with E-state index in [2.05, 4.69) is 10.3 Å². The average Bonchev–Trinajstić information content (AvgIpc) is 2.33. The van der Waals surface area contributed by atoms with Gasteiger partial charge in [0.25, 0.3) is 0 Å². The molecular formula is C12H13ClN4O. The quantitative estimate of drug-likeness (QED) is 0.583. The molecular weight excluding hydrogens is 252 g/mol. The van der Waals surface area contributed by atoms with Crippen LogP contribution in [0.15, 0.2) is 36.7 Å². The van der Waals surface area contributed by atoms with E-state index in [9.17, 15) is 4.79 Å². The van der Waals surface area contributed by atoms with Gasteiger partial charge in [0.05, 0.1) is 11.9 Å². The van der Waals surface area contributed by atoms with Crippen LogP contribution in [-0.2, 0) is 4.79 Å². The summed E-state index contributed by atoms with van der Waals surface area (Å²) in [6.07, 6.45) is 3.82. The Morgan fingerprint density at radius 1 is 1.17 bits per heavy atom. The van der Waals surface area contributed by atoms with E-state index < -0.39 is 0 Å². The van der Waals surface area contributed by atoms with Gasteiger partial charge in [-0.1, -0.05) is 0 Å². The molecule has 0 atom stereocenters. The van der Waals surface area contributed by atoms with Gasteiger partial charge in [0, 0.05) is 28.7 Å². The third-order valence-corrected chi connectivity index (χ3v) is 2.35. The van der Waals surface area contributed by atoms with Crippen molar-refractivity contribution in [3.8, 4) is 11.1 Å². The maximum absolute atomic E-state index is 10.4. The third kappa shape index (κ3) is 2.89. The standard InChI is InChI=1S/C12H12N4O.ClH/c13-9-1-2-12(14)11(4-9)8-3-10(16-7-17)6-15-5-8;/h1-7H,13-14H2,(H,16,17);1H. The fourth-order valence-corrected chi connectivity index (χ4v) is 1.56. The maximum atomic E-state index is 10.4. The lowest BCUT2D eigenvalue weighted by Gasteiger charge is -2.08. The van der Waals surface area contributed by atoms with Crippen LogP contribution in [0.25, 0.3) is 11.1 Å². The first-order chi connectivity index (χ1) is 8.20. The highest BCUT2D eigenvalue weighted by atomic mass is 35.5. The number of anilines is 3. The second kappa shape index (κ2) is 5.88. The number of pyridine rings is 1. The summed E-state index contributed by atoms with van der Waals surface area (Å²) >= 11 is 0. The summed E-state index contributed by atoms with van der Waals surface area (Å²) in [6.45, 7) is 0. The molecule has 0 aliphatic rings. The molecule has 0 saturated heterocycles. The number of nitrogens with zero attached hydrogens (tertiary/aromatic N) is 1. The first-order valence-corrected chi connectivity index (χ1v) is 5.01. The van der Waals surface area contributed by atoms with E-state index in [4.69, 9.17) is 11.5 Å². The van der Waals surface area contributed by atoms with Crippen molar-refractivity contribution in [3.63, 3.8) is 0 Å². The number of nitrogens with one attached hydrogen (secondary N) is 1. The van der Waals surface area contributed by atoms with E-state index >= 15 is 0 Å². The van der Waals surface area contributed by atoms with Crippen molar-refractivity contribution in [2.24, 2.45) is 0 Å². The third-order valence-electron chi connectivity index (χ3n) is 2.35. The smallest absolute Gasteiger partial charge is 0.211 e. The number of carbonyl (C=O) groups is 1. The molecule has 1 aromatic carbocycles. The van der Waals surface area contributed by atoms with Crippen LogP contribution in [-0.4, -0.2) is 11.4 Å². The van der Waals surface area contributed by atoms with Crippen LogP contribution in [0.5, 0.6) is 0 Å². The highest BCUT2D eigenvalue weighted by Gasteiger charge is 2.04. The molecule has 1 heterocycles. The van der Waals surface area contributed by atoms with Crippen LogP contribution in [0.2, 0.25) is 0 Å². The largest absolute Gasteiger partial charge is 0.399 e. The Kier molecular flexibility index (Phi) is 4.51. The molecule has 94 valence electrons. The topological polar surface area (TPSA) is 94.0 Å². The summed E-state index contributed by atoms with van der Waals surface area (Å²) in [5, 5.41) is 2.54. The lowest BCUT2D eigenvalue weighted by molar-refractivity contribution is -0.105. The molecule has 6 heteroatoms. The van der Waals surface area contributed by atoms with Gasteiger partial charge < -0.3 is 16.8 Å². The van der Waals surface area contributed by atoms with Crippen molar-refractivity contribution in [1.82, 2.24) is 4.98 Å². The average molecular weight is 265 g/mol. The van der Waals surface area contributed by atoms with Crippen LogP contribution in [0.3, 0.4) is 0 Å². The molecule has 0 saturated carbocycles. The Balaban J connectivity index is 0.00000162. The number of benzene rings is 1. The number of carbonyl (C=O) groups excluding carboxylic acids is 1. The van der Waals surface area contributed by atoms with Gasteiger partial charge >= 0.3 is 0 Å². The lowest BCUT2D eigenvalue weighted by atomic mass is 10.0. The SMILES string of the molecule is Cl.Nc1ccc(N)c(-c2cncc(NC=O)c2)c1. The van der Waals surface area contributed by atoms with Gasteiger partial charge in [0.1, 0.15) is 0 Å². The van der Waals surface area contributed by atoms with Crippen molar-refractivity contribution in [2.45, 2.75) is 0 Å². The predicted octanol–water partition coefficient (Wildman–Crippen LogP) is 1.90. The van der Waals surface area contributed by atoms with E-state index in [1.807, 2.05) is 0 Å². The number of aromatic nitrogens is 1. The van der Waals surface area contributed by atoms with Crippen LogP contribution in [0, 0.1) is 0 Å². The van der Waals surface area contributed by atoms with Crippen LogP contribution >= 0.6 is 12.4 Å². The van der Waals surface area contributed by atoms with Crippen LogP contribution < -0.4 is 16.8 Å². The van der Waals surface area contributed by atoms with Crippen molar-refractivity contribution in [2.75, 3.05) is 16.8 Å². The number of nitrogen functional groups attached to an aromatic ring is 2. The Labute approximate surface area is 111 Å². The number of amides is 1. The Hall–Kier alpha value is -2.27. The van der Waals surface area contributed by atoms with Crippen molar-refractivity contribution < 1.29 is 4.79 Å². The van der Waals surface area contributed by atoms with Gasteiger partial charge in [0.2, 0.25) is 6.41 Å². The minimum absolute atomic E-state index is 0. The molecule has 0 aliphatic heterocycles. The Morgan fingerprint density at radius 3 is 2.67 bits per heavy atom. The number of hydrogen-bond acceptors (Lipinski definition) is 4. The van der Waals surface area contributed by atoms with Crippen molar-refractivity contribution in [3.05, 3.63) is 36.7 Å². The van der Waals surface area contributed by atoms with Crippen molar-refractivity contribution in [1.29, 1.82) is 0 Å². The fourth-order valence-electron chi connectivity index (χ4n) is 1.56. The molecule has 0 aliphatic carbocycles. The van der Waals surface area contributed by atoms with Crippen LogP contribution in [0.1, 0.15) is 0 Å². The fraction of sp³-hybridized carbons (Fsp3) is 0. The molecule has 2 rings (SSSR count). The summed E-state index contributed by atoms with van der Waals surface area (Å²) in [7, 11) is 0. The first kappa shape index (κ1) is 13.8.